The fourth-order valence-corrected chi connectivity index (χ4v) is 2.37. The van der Waals surface area contributed by atoms with Crippen molar-refractivity contribution in [3.63, 3.8) is 0 Å². The zero-order chi connectivity index (χ0) is 14.7. The summed E-state index contributed by atoms with van der Waals surface area (Å²) in [6, 6.07) is 4.76. The first kappa shape index (κ1) is 14.2. The van der Waals surface area contributed by atoms with Crippen LogP contribution in [0.1, 0.15) is 24.3 Å². The van der Waals surface area contributed by atoms with Crippen molar-refractivity contribution in [2.24, 2.45) is 0 Å². The van der Waals surface area contributed by atoms with E-state index in [1.54, 1.807) is 19.1 Å². The molecule has 0 aliphatic carbocycles. The van der Waals surface area contributed by atoms with Crippen molar-refractivity contribution in [3.8, 4) is 11.4 Å². The Balaban J connectivity index is 1.63. The summed E-state index contributed by atoms with van der Waals surface area (Å²) in [5.41, 5.74) is 1.30. The molecule has 2 heterocycles. The van der Waals surface area contributed by atoms with Crippen LogP contribution in [0.5, 0.6) is 0 Å². The van der Waals surface area contributed by atoms with Crippen molar-refractivity contribution < 1.29 is 13.7 Å². The minimum Gasteiger partial charge on any atom is -0.368 e. The molecule has 3 rings (SSSR count). The first-order valence-corrected chi connectivity index (χ1v) is 7.14. The number of ether oxygens (including phenoxy) is 1. The van der Waals surface area contributed by atoms with Gasteiger partial charge in [0, 0.05) is 5.56 Å². The first-order valence-electron chi connectivity index (χ1n) is 7.14. The van der Waals surface area contributed by atoms with Crippen LogP contribution in [-0.2, 0) is 11.3 Å². The van der Waals surface area contributed by atoms with Crippen LogP contribution < -0.4 is 5.32 Å². The molecule has 112 valence electrons. The van der Waals surface area contributed by atoms with E-state index < -0.39 is 0 Å². The standard InChI is InChI=1S/C15H18FN3O2/c1-10-8-11(2-3-13(10)16)15-18-14(21-19-15)9-20-12-4-6-17-7-5-12/h2-3,8,12,17H,4-7,9H2,1H3. The van der Waals surface area contributed by atoms with E-state index in [-0.39, 0.29) is 11.9 Å². The third-order valence-electron chi connectivity index (χ3n) is 3.61. The van der Waals surface area contributed by atoms with Crippen LogP contribution in [0, 0.1) is 12.7 Å². The number of benzene rings is 1. The second-order valence-electron chi connectivity index (χ2n) is 5.24. The molecule has 21 heavy (non-hydrogen) atoms. The van der Waals surface area contributed by atoms with Crippen molar-refractivity contribution in [3.05, 3.63) is 35.5 Å². The zero-order valence-electron chi connectivity index (χ0n) is 11.9. The van der Waals surface area contributed by atoms with Crippen LogP contribution >= 0.6 is 0 Å². The molecule has 0 spiro atoms. The topological polar surface area (TPSA) is 60.2 Å². The third kappa shape index (κ3) is 3.46. The van der Waals surface area contributed by atoms with E-state index in [0.717, 1.165) is 31.5 Å². The Labute approximate surface area is 122 Å². The van der Waals surface area contributed by atoms with Gasteiger partial charge in [-0.1, -0.05) is 5.16 Å². The molecule has 1 aliphatic rings. The van der Waals surface area contributed by atoms with Crippen LogP contribution in [0.2, 0.25) is 0 Å². The Kier molecular flexibility index (Phi) is 4.26. The summed E-state index contributed by atoms with van der Waals surface area (Å²) in [7, 11) is 0. The molecule has 0 unspecified atom stereocenters. The maximum Gasteiger partial charge on any atom is 0.252 e. The van der Waals surface area contributed by atoms with Crippen LogP contribution in [-0.4, -0.2) is 29.3 Å². The lowest BCUT2D eigenvalue weighted by Gasteiger charge is -2.21. The van der Waals surface area contributed by atoms with Gasteiger partial charge in [0.25, 0.3) is 5.89 Å². The summed E-state index contributed by atoms with van der Waals surface area (Å²) in [6.07, 6.45) is 2.24. The van der Waals surface area contributed by atoms with Gasteiger partial charge in [-0.05, 0) is 56.6 Å². The molecule has 0 saturated carbocycles. The quantitative estimate of drug-likeness (QED) is 0.937. The molecule has 6 heteroatoms. The molecule has 0 bridgehead atoms. The molecule has 1 fully saturated rings. The molecule has 1 aromatic carbocycles. The summed E-state index contributed by atoms with van der Waals surface area (Å²) in [4.78, 5) is 4.29. The Morgan fingerprint density at radius 2 is 2.19 bits per heavy atom. The van der Waals surface area contributed by atoms with Crippen LogP contribution in [0.4, 0.5) is 4.39 Å². The zero-order valence-corrected chi connectivity index (χ0v) is 11.9. The molecular weight excluding hydrogens is 273 g/mol. The highest BCUT2D eigenvalue weighted by Gasteiger charge is 2.16. The maximum atomic E-state index is 13.3. The minimum atomic E-state index is -0.239. The number of piperidine rings is 1. The molecule has 1 aliphatic heterocycles. The average Bonchev–Trinajstić information content (AvgIpc) is 2.98. The molecule has 0 radical (unpaired) electrons. The van der Waals surface area contributed by atoms with E-state index in [9.17, 15) is 4.39 Å². The van der Waals surface area contributed by atoms with E-state index in [1.807, 2.05) is 0 Å². The van der Waals surface area contributed by atoms with Crippen molar-refractivity contribution in [1.29, 1.82) is 0 Å². The molecule has 0 amide bonds. The summed E-state index contributed by atoms with van der Waals surface area (Å²) >= 11 is 0. The van der Waals surface area contributed by atoms with E-state index in [4.69, 9.17) is 9.26 Å². The lowest BCUT2D eigenvalue weighted by atomic mass is 10.1. The number of hydrogen-bond acceptors (Lipinski definition) is 5. The molecule has 2 aromatic rings. The van der Waals surface area contributed by atoms with Crippen molar-refractivity contribution in [2.45, 2.75) is 32.5 Å². The molecule has 1 saturated heterocycles. The Morgan fingerprint density at radius 3 is 2.95 bits per heavy atom. The lowest BCUT2D eigenvalue weighted by Crippen LogP contribution is -2.32. The largest absolute Gasteiger partial charge is 0.368 e. The SMILES string of the molecule is Cc1cc(-c2noc(COC3CCNCC3)n2)ccc1F. The van der Waals surface area contributed by atoms with Gasteiger partial charge in [-0.3, -0.25) is 0 Å². The van der Waals surface area contributed by atoms with Gasteiger partial charge in [0.2, 0.25) is 5.82 Å². The predicted octanol–water partition coefficient (Wildman–Crippen LogP) is 2.45. The smallest absolute Gasteiger partial charge is 0.252 e. The van der Waals surface area contributed by atoms with Gasteiger partial charge >= 0.3 is 0 Å². The van der Waals surface area contributed by atoms with Crippen molar-refractivity contribution >= 4 is 0 Å². The van der Waals surface area contributed by atoms with Crippen LogP contribution in [0.25, 0.3) is 11.4 Å². The van der Waals surface area contributed by atoms with Gasteiger partial charge < -0.3 is 14.6 Å². The number of nitrogens with zero attached hydrogens (tertiary/aromatic N) is 2. The number of aryl methyl sites for hydroxylation is 1. The molecule has 0 atom stereocenters. The molecule has 1 aromatic heterocycles. The van der Waals surface area contributed by atoms with Gasteiger partial charge in [-0.2, -0.15) is 4.98 Å². The number of hydrogen-bond donors (Lipinski definition) is 1. The molecule has 5 nitrogen and oxygen atoms in total. The highest BCUT2D eigenvalue weighted by Crippen LogP contribution is 2.19. The minimum absolute atomic E-state index is 0.239. The Hall–Kier alpha value is -1.79. The van der Waals surface area contributed by atoms with Crippen LogP contribution in [0.3, 0.4) is 0 Å². The lowest BCUT2D eigenvalue weighted by molar-refractivity contribution is 0.00859. The second kappa shape index (κ2) is 6.32. The summed E-state index contributed by atoms with van der Waals surface area (Å²) < 4.78 is 24.2. The number of nitrogens with one attached hydrogen (secondary N) is 1. The Bertz CT molecular complexity index is 609. The fourth-order valence-electron chi connectivity index (χ4n) is 2.37. The van der Waals surface area contributed by atoms with E-state index in [1.165, 1.54) is 6.07 Å². The molecular formula is C15H18FN3O2. The third-order valence-corrected chi connectivity index (χ3v) is 3.61. The number of aromatic nitrogens is 2. The Morgan fingerprint density at radius 1 is 1.38 bits per heavy atom. The van der Waals surface area contributed by atoms with Crippen molar-refractivity contribution in [1.82, 2.24) is 15.5 Å². The van der Waals surface area contributed by atoms with Gasteiger partial charge in [0.15, 0.2) is 0 Å². The number of halogens is 1. The van der Waals surface area contributed by atoms with Gasteiger partial charge in [-0.25, -0.2) is 4.39 Å². The normalized spacial score (nSPS) is 16.3. The monoisotopic (exact) mass is 291 g/mol. The summed E-state index contributed by atoms with van der Waals surface area (Å²) in [5.74, 6) is 0.671. The number of rotatable bonds is 4. The predicted molar refractivity (Wildman–Crippen MR) is 75.1 cm³/mol. The summed E-state index contributed by atoms with van der Waals surface area (Å²) in [5, 5.41) is 7.21. The first-order chi connectivity index (χ1) is 10.2. The molecule has 1 N–H and O–H groups in total. The van der Waals surface area contributed by atoms with Gasteiger partial charge in [0.05, 0.1) is 6.10 Å². The second-order valence-corrected chi connectivity index (χ2v) is 5.24. The van der Waals surface area contributed by atoms with E-state index in [2.05, 4.69) is 15.5 Å². The van der Waals surface area contributed by atoms with Crippen LogP contribution in [0.15, 0.2) is 22.7 Å². The maximum absolute atomic E-state index is 13.3. The van der Waals surface area contributed by atoms with E-state index in [0.29, 0.717) is 23.9 Å². The highest BCUT2D eigenvalue weighted by molar-refractivity contribution is 5.55. The van der Waals surface area contributed by atoms with Crippen molar-refractivity contribution in [2.75, 3.05) is 13.1 Å². The average molecular weight is 291 g/mol. The van der Waals surface area contributed by atoms with Gasteiger partial charge in [-0.15, -0.1) is 0 Å². The fraction of sp³-hybridized carbons (Fsp3) is 0.467. The summed E-state index contributed by atoms with van der Waals surface area (Å²) in [6.45, 7) is 3.99. The highest BCUT2D eigenvalue weighted by atomic mass is 19.1. The van der Waals surface area contributed by atoms with Gasteiger partial charge in [0.1, 0.15) is 12.4 Å². The van der Waals surface area contributed by atoms with E-state index >= 15 is 0 Å².